The number of rotatable bonds is 1. The molecule has 0 spiro atoms. The van der Waals surface area contributed by atoms with Gasteiger partial charge in [-0.1, -0.05) is 38.2 Å². The normalized spacial score (nSPS) is 39.9. The largest absolute Gasteiger partial charge is 0.455 e. The van der Waals surface area contributed by atoms with Crippen molar-refractivity contribution in [3.8, 4) is 0 Å². The molecule has 0 radical (unpaired) electrons. The van der Waals surface area contributed by atoms with Crippen LogP contribution in [-0.2, 0) is 9.53 Å². The van der Waals surface area contributed by atoms with Gasteiger partial charge in [-0.3, -0.25) is 0 Å². The van der Waals surface area contributed by atoms with E-state index >= 15 is 0 Å². The lowest BCUT2D eigenvalue weighted by atomic mass is 9.82. The summed E-state index contributed by atoms with van der Waals surface area (Å²) in [6, 6.07) is 0. The van der Waals surface area contributed by atoms with Gasteiger partial charge in [-0.15, -0.1) is 0 Å². The number of aliphatic hydroxyl groups is 3. The van der Waals surface area contributed by atoms with Gasteiger partial charge in [0.15, 0.2) is 0 Å². The van der Waals surface area contributed by atoms with E-state index < -0.39 is 22.9 Å². The Hall–Kier alpha value is -1.43. The molecule has 2 bridgehead atoms. The molecule has 5 nitrogen and oxygen atoms in total. The SMILES string of the molecule is CC(C)C1(O)C=CC(C)(O)CC=CC(C)(O)CC2C=C(CC1)C(=O)O2. The third kappa shape index (κ3) is 5.27. The van der Waals surface area contributed by atoms with Gasteiger partial charge in [-0.05, 0) is 45.1 Å². The first kappa shape index (κ1) is 19.9. The van der Waals surface area contributed by atoms with Crippen molar-refractivity contribution in [1.29, 1.82) is 0 Å². The summed E-state index contributed by atoms with van der Waals surface area (Å²) in [7, 11) is 0. The maximum absolute atomic E-state index is 12.1. The van der Waals surface area contributed by atoms with Crippen molar-refractivity contribution in [3.63, 3.8) is 0 Å². The lowest BCUT2D eigenvalue weighted by Gasteiger charge is -2.30. The highest BCUT2D eigenvalue weighted by Gasteiger charge is 2.34. The Kier molecular flexibility index (Phi) is 5.62. The van der Waals surface area contributed by atoms with Crippen molar-refractivity contribution in [2.24, 2.45) is 5.92 Å². The zero-order chi connectivity index (χ0) is 18.9. The molecule has 4 unspecified atom stereocenters. The number of esters is 1. The first-order valence-electron chi connectivity index (χ1n) is 8.89. The van der Waals surface area contributed by atoms with Gasteiger partial charge in [0.1, 0.15) is 6.10 Å². The predicted molar refractivity (Wildman–Crippen MR) is 95.7 cm³/mol. The molecule has 2 rings (SSSR count). The van der Waals surface area contributed by atoms with Crippen molar-refractivity contribution in [2.75, 3.05) is 0 Å². The van der Waals surface area contributed by atoms with Gasteiger partial charge in [0.05, 0.1) is 16.8 Å². The quantitative estimate of drug-likeness (QED) is 0.499. The average Bonchev–Trinajstić information content (AvgIpc) is 2.80. The summed E-state index contributed by atoms with van der Waals surface area (Å²) in [5, 5.41) is 31.9. The molecule has 25 heavy (non-hydrogen) atoms. The second-order valence-electron chi connectivity index (χ2n) is 8.14. The van der Waals surface area contributed by atoms with Crippen LogP contribution in [0.1, 0.15) is 53.4 Å². The molecule has 3 N–H and O–H groups in total. The van der Waals surface area contributed by atoms with Crippen molar-refractivity contribution >= 4 is 5.97 Å². The Balaban J connectivity index is 2.35. The molecule has 0 aromatic heterocycles. The van der Waals surface area contributed by atoms with E-state index in [-0.39, 0.29) is 18.3 Å². The van der Waals surface area contributed by atoms with Gasteiger partial charge in [-0.2, -0.15) is 0 Å². The lowest BCUT2D eigenvalue weighted by Crippen LogP contribution is -2.34. The summed E-state index contributed by atoms with van der Waals surface area (Å²) in [5.74, 6) is -0.459. The molecular formula is C20H30O5. The summed E-state index contributed by atoms with van der Waals surface area (Å²) < 4.78 is 5.33. The molecule has 0 aromatic rings. The molecule has 0 amide bonds. The first-order valence-corrected chi connectivity index (χ1v) is 8.89. The van der Waals surface area contributed by atoms with Gasteiger partial charge >= 0.3 is 5.97 Å². The second-order valence-corrected chi connectivity index (χ2v) is 8.14. The van der Waals surface area contributed by atoms with E-state index in [0.717, 1.165) is 0 Å². The van der Waals surface area contributed by atoms with E-state index in [2.05, 4.69) is 0 Å². The molecule has 1 heterocycles. The number of carbonyl (C=O) groups excluding carboxylic acids is 1. The van der Waals surface area contributed by atoms with Crippen molar-refractivity contribution < 1.29 is 24.9 Å². The van der Waals surface area contributed by atoms with Crippen LogP contribution < -0.4 is 0 Å². The summed E-state index contributed by atoms with van der Waals surface area (Å²) >= 11 is 0. The number of carbonyl (C=O) groups is 1. The molecule has 1 aliphatic carbocycles. The maximum atomic E-state index is 12.1. The molecule has 1 aliphatic heterocycles. The van der Waals surface area contributed by atoms with Gasteiger partial charge in [0, 0.05) is 12.0 Å². The Labute approximate surface area is 149 Å². The van der Waals surface area contributed by atoms with E-state index in [1.165, 1.54) is 0 Å². The van der Waals surface area contributed by atoms with Gasteiger partial charge in [0.2, 0.25) is 0 Å². The van der Waals surface area contributed by atoms with Crippen molar-refractivity contribution in [1.82, 2.24) is 0 Å². The monoisotopic (exact) mass is 350 g/mol. The number of hydrogen-bond donors (Lipinski definition) is 3. The molecule has 5 heteroatoms. The van der Waals surface area contributed by atoms with Gasteiger partial charge in [0.25, 0.3) is 0 Å². The van der Waals surface area contributed by atoms with Crippen LogP contribution in [-0.4, -0.2) is 44.2 Å². The van der Waals surface area contributed by atoms with Gasteiger partial charge < -0.3 is 20.1 Å². The minimum absolute atomic E-state index is 0.0717. The summed E-state index contributed by atoms with van der Waals surface area (Å²) in [6.07, 6.45) is 9.14. The molecule has 0 saturated heterocycles. The molecular weight excluding hydrogens is 320 g/mol. The third-order valence-corrected chi connectivity index (χ3v) is 5.06. The summed E-state index contributed by atoms with van der Waals surface area (Å²) in [6.45, 7) is 7.12. The third-order valence-electron chi connectivity index (χ3n) is 5.06. The van der Waals surface area contributed by atoms with E-state index in [0.29, 0.717) is 24.8 Å². The minimum Gasteiger partial charge on any atom is -0.455 e. The molecule has 140 valence electrons. The van der Waals surface area contributed by atoms with Crippen molar-refractivity contribution in [2.45, 2.75) is 76.3 Å². The second kappa shape index (κ2) is 7.06. The van der Waals surface area contributed by atoms with Crippen LogP contribution >= 0.6 is 0 Å². The standard InChI is InChI=1S/C20H30O5/c1-14(2)20(24)9-6-15-12-16(25-17(15)21)13-19(4,23)8-5-7-18(3,22)10-11-20/h5,8,10-12,14,16,22-24H,6-7,9,13H2,1-4H3. The van der Waals surface area contributed by atoms with E-state index in [1.54, 1.807) is 44.2 Å². The molecule has 0 aromatic carbocycles. The van der Waals surface area contributed by atoms with Crippen LogP contribution in [0.2, 0.25) is 0 Å². The minimum atomic E-state index is -1.14. The fourth-order valence-electron chi connectivity index (χ4n) is 3.14. The Bertz CT molecular complexity index is 597. The Morgan fingerprint density at radius 2 is 1.80 bits per heavy atom. The number of ether oxygens (including phenoxy) is 1. The Morgan fingerprint density at radius 1 is 1.12 bits per heavy atom. The number of fused-ring (bicyclic) bond motifs is 1. The molecule has 0 fully saturated rings. The predicted octanol–water partition coefficient (Wildman–Crippen LogP) is 2.41. The maximum Gasteiger partial charge on any atom is 0.334 e. The smallest absolute Gasteiger partial charge is 0.334 e. The highest BCUT2D eigenvalue weighted by molar-refractivity contribution is 5.90. The van der Waals surface area contributed by atoms with Crippen molar-refractivity contribution in [3.05, 3.63) is 36.0 Å². The zero-order valence-corrected chi connectivity index (χ0v) is 15.5. The van der Waals surface area contributed by atoms with Crippen LogP contribution in [0, 0.1) is 5.92 Å². The first-order chi connectivity index (χ1) is 11.4. The van der Waals surface area contributed by atoms with Crippen LogP contribution in [0.4, 0.5) is 0 Å². The van der Waals surface area contributed by atoms with Crippen LogP contribution in [0.15, 0.2) is 36.0 Å². The van der Waals surface area contributed by atoms with Crippen LogP contribution in [0.25, 0.3) is 0 Å². The fourth-order valence-corrected chi connectivity index (χ4v) is 3.14. The van der Waals surface area contributed by atoms with E-state index in [1.807, 2.05) is 13.8 Å². The highest BCUT2D eigenvalue weighted by Crippen LogP contribution is 2.32. The molecule has 0 saturated carbocycles. The average molecular weight is 350 g/mol. The van der Waals surface area contributed by atoms with E-state index in [9.17, 15) is 20.1 Å². The Morgan fingerprint density at radius 3 is 2.44 bits per heavy atom. The zero-order valence-electron chi connectivity index (χ0n) is 15.5. The van der Waals surface area contributed by atoms with Gasteiger partial charge in [-0.25, -0.2) is 4.79 Å². The van der Waals surface area contributed by atoms with Crippen LogP contribution in [0.3, 0.4) is 0 Å². The molecule has 4 atom stereocenters. The lowest BCUT2D eigenvalue weighted by molar-refractivity contribution is -0.141. The summed E-state index contributed by atoms with van der Waals surface area (Å²) in [4.78, 5) is 12.1. The highest BCUT2D eigenvalue weighted by atomic mass is 16.5. The van der Waals surface area contributed by atoms with Crippen LogP contribution in [0.5, 0.6) is 0 Å². The summed E-state index contributed by atoms with van der Waals surface area (Å²) in [5.41, 5.74) is -2.87. The van der Waals surface area contributed by atoms with E-state index in [4.69, 9.17) is 4.74 Å². The fraction of sp³-hybridized carbons (Fsp3) is 0.650. The topological polar surface area (TPSA) is 87.0 Å². The number of hydrogen-bond acceptors (Lipinski definition) is 5. The molecule has 2 aliphatic rings.